The average Bonchev–Trinajstić information content (AvgIpc) is 2.52. The van der Waals surface area contributed by atoms with Crippen LogP contribution < -0.4 is 15.2 Å². The Morgan fingerprint density at radius 1 is 1.10 bits per heavy atom. The molecular weight excluding hydrogens is 286 g/mol. The van der Waals surface area contributed by atoms with Gasteiger partial charge in [0, 0.05) is 11.6 Å². The van der Waals surface area contributed by atoms with Gasteiger partial charge in [-0.05, 0) is 17.7 Å². The zero-order valence-corrected chi connectivity index (χ0v) is 12.6. The Hall–Kier alpha value is -2.11. The fourth-order valence-electron chi connectivity index (χ4n) is 1.76. The molecule has 0 aliphatic rings. The molecule has 0 amide bonds. The largest absolute Gasteiger partial charge is 0.497 e. The molecule has 0 aliphatic carbocycles. The van der Waals surface area contributed by atoms with Gasteiger partial charge in [-0.25, -0.2) is 0 Å². The van der Waals surface area contributed by atoms with E-state index < -0.39 is 0 Å². The molecule has 0 bridgehead atoms. The number of ether oxygens (including phenoxy) is 3. The topological polar surface area (TPSA) is 53.7 Å². The van der Waals surface area contributed by atoms with Gasteiger partial charge in [0.15, 0.2) is 6.79 Å². The van der Waals surface area contributed by atoms with E-state index in [1.165, 1.54) is 0 Å². The van der Waals surface area contributed by atoms with Crippen LogP contribution in [0.15, 0.2) is 48.5 Å². The van der Waals surface area contributed by atoms with E-state index in [9.17, 15) is 0 Å². The minimum Gasteiger partial charge on any atom is -0.497 e. The molecule has 0 atom stereocenters. The second-order valence-electron chi connectivity index (χ2n) is 4.36. The lowest BCUT2D eigenvalue weighted by atomic mass is 10.2. The quantitative estimate of drug-likeness (QED) is 0.484. The lowest BCUT2D eigenvalue weighted by Crippen LogP contribution is -2.10. The fourth-order valence-corrected chi connectivity index (χ4v) is 1.88. The molecule has 0 saturated heterocycles. The van der Waals surface area contributed by atoms with E-state index in [0.29, 0.717) is 28.7 Å². The summed E-state index contributed by atoms with van der Waals surface area (Å²) in [4.78, 5) is 0.295. The molecular formula is C16H17NO3S. The van der Waals surface area contributed by atoms with Gasteiger partial charge in [0.1, 0.15) is 16.5 Å². The molecule has 2 aromatic carbocycles. The van der Waals surface area contributed by atoms with E-state index in [2.05, 4.69) is 0 Å². The molecule has 21 heavy (non-hydrogen) atoms. The molecule has 0 radical (unpaired) electrons. The van der Waals surface area contributed by atoms with Gasteiger partial charge in [0.05, 0.1) is 13.7 Å². The Morgan fingerprint density at radius 2 is 1.81 bits per heavy atom. The second kappa shape index (κ2) is 7.61. The molecule has 2 rings (SSSR count). The van der Waals surface area contributed by atoms with Crippen LogP contribution in [0.25, 0.3) is 0 Å². The Balaban J connectivity index is 1.90. The van der Waals surface area contributed by atoms with Gasteiger partial charge >= 0.3 is 0 Å². The van der Waals surface area contributed by atoms with Crippen molar-refractivity contribution in [2.24, 2.45) is 5.73 Å². The molecule has 0 unspecified atom stereocenters. The summed E-state index contributed by atoms with van der Waals surface area (Å²) in [6, 6.07) is 15.2. The number of hydrogen-bond acceptors (Lipinski definition) is 4. The molecule has 2 aromatic rings. The molecule has 5 heteroatoms. The highest BCUT2D eigenvalue weighted by Gasteiger charge is 2.04. The maximum absolute atomic E-state index is 5.63. The maximum atomic E-state index is 5.63. The molecule has 110 valence electrons. The van der Waals surface area contributed by atoms with E-state index in [4.69, 9.17) is 32.2 Å². The zero-order valence-electron chi connectivity index (χ0n) is 11.7. The molecule has 0 saturated carbocycles. The van der Waals surface area contributed by atoms with Gasteiger partial charge in [-0.3, -0.25) is 0 Å². The van der Waals surface area contributed by atoms with Crippen LogP contribution in [0.4, 0.5) is 0 Å². The van der Waals surface area contributed by atoms with E-state index in [-0.39, 0.29) is 6.79 Å². The normalized spacial score (nSPS) is 10.1. The lowest BCUT2D eigenvalue weighted by molar-refractivity contribution is 0.00495. The van der Waals surface area contributed by atoms with Crippen LogP contribution in [0.1, 0.15) is 11.1 Å². The maximum Gasteiger partial charge on any atom is 0.189 e. The minimum atomic E-state index is 0.138. The molecule has 2 N–H and O–H groups in total. The predicted molar refractivity (Wildman–Crippen MR) is 85.6 cm³/mol. The highest BCUT2D eigenvalue weighted by molar-refractivity contribution is 7.80. The summed E-state index contributed by atoms with van der Waals surface area (Å²) < 4.78 is 16.2. The van der Waals surface area contributed by atoms with Crippen molar-refractivity contribution in [2.45, 2.75) is 6.61 Å². The van der Waals surface area contributed by atoms with E-state index in [1.807, 2.05) is 30.3 Å². The first-order valence-corrected chi connectivity index (χ1v) is 6.83. The van der Waals surface area contributed by atoms with Crippen molar-refractivity contribution >= 4 is 17.2 Å². The van der Waals surface area contributed by atoms with Crippen LogP contribution in [0.5, 0.6) is 11.5 Å². The number of methoxy groups -OCH3 is 1. The minimum absolute atomic E-state index is 0.138. The Morgan fingerprint density at radius 3 is 2.48 bits per heavy atom. The summed E-state index contributed by atoms with van der Waals surface area (Å²) in [6.45, 7) is 0.631. The zero-order chi connectivity index (χ0) is 15.1. The summed E-state index contributed by atoms with van der Waals surface area (Å²) in [5, 5.41) is 0. The smallest absolute Gasteiger partial charge is 0.189 e. The van der Waals surface area contributed by atoms with Gasteiger partial charge in [-0.2, -0.15) is 0 Å². The van der Waals surface area contributed by atoms with Crippen LogP contribution >= 0.6 is 12.2 Å². The molecule has 0 aliphatic heterocycles. The molecule has 0 spiro atoms. The summed E-state index contributed by atoms with van der Waals surface area (Å²) in [7, 11) is 1.58. The monoisotopic (exact) mass is 303 g/mol. The number of thiocarbonyl (C=S) groups is 1. The van der Waals surface area contributed by atoms with Gasteiger partial charge in [-0.15, -0.1) is 0 Å². The van der Waals surface area contributed by atoms with Crippen molar-refractivity contribution < 1.29 is 14.2 Å². The summed E-state index contributed by atoms with van der Waals surface area (Å²) in [6.07, 6.45) is 0. The summed E-state index contributed by atoms with van der Waals surface area (Å²) >= 11 is 4.96. The molecule has 0 aromatic heterocycles. The fraction of sp³-hybridized carbons (Fsp3) is 0.188. The van der Waals surface area contributed by atoms with Crippen LogP contribution in [-0.4, -0.2) is 18.9 Å². The third-order valence-corrected chi connectivity index (χ3v) is 3.06. The van der Waals surface area contributed by atoms with Crippen LogP contribution in [0.2, 0.25) is 0 Å². The number of benzene rings is 2. The van der Waals surface area contributed by atoms with Gasteiger partial charge < -0.3 is 19.9 Å². The molecule has 0 fully saturated rings. The second-order valence-corrected chi connectivity index (χ2v) is 4.80. The molecule has 0 heterocycles. The van der Waals surface area contributed by atoms with Gasteiger partial charge in [-0.1, -0.05) is 42.5 Å². The first kappa shape index (κ1) is 15.3. The van der Waals surface area contributed by atoms with Crippen molar-refractivity contribution in [1.29, 1.82) is 0 Å². The van der Waals surface area contributed by atoms with Gasteiger partial charge in [0.25, 0.3) is 0 Å². The molecule has 4 nitrogen and oxygen atoms in total. The first-order valence-electron chi connectivity index (χ1n) is 6.42. The highest BCUT2D eigenvalue weighted by Crippen LogP contribution is 2.22. The standard InChI is InChI=1S/C16H17NO3S/c1-18-14-7-13(16(17)21)8-15(9-14)20-11-19-10-12-5-3-2-4-6-12/h2-9H,10-11H2,1H3,(H2,17,21). The van der Waals surface area contributed by atoms with Crippen LogP contribution in [0.3, 0.4) is 0 Å². The van der Waals surface area contributed by atoms with Crippen molar-refractivity contribution in [3.8, 4) is 11.5 Å². The van der Waals surface area contributed by atoms with Crippen molar-refractivity contribution in [3.63, 3.8) is 0 Å². The van der Waals surface area contributed by atoms with Crippen molar-refractivity contribution in [2.75, 3.05) is 13.9 Å². The van der Waals surface area contributed by atoms with Crippen LogP contribution in [-0.2, 0) is 11.3 Å². The Kier molecular flexibility index (Phi) is 5.54. The first-order chi connectivity index (χ1) is 10.2. The van der Waals surface area contributed by atoms with E-state index >= 15 is 0 Å². The highest BCUT2D eigenvalue weighted by atomic mass is 32.1. The number of hydrogen-bond donors (Lipinski definition) is 1. The van der Waals surface area contributed by atoms with Gasteiger partial charge in [0.2, 0.25) is 0 Å². The SMILES string of the molecule is COc1cc(OCOCc2ccccc2)cc(C(N)=S)c1. The number of rotatable bonds is 7. The van der Waals surface area contributed by atoms with E-state index in [1.54, 1.807) is 25.3 Å². The Bertz CT molecular complexity index is 602. The Labute approximate surface area is 129 Å². The van der Waals surface area contributed by atoms with Crippen LogP contribution in [0, 0.1) is 0 Å². The predicted octanol–water partition coefficient (Wildman–Crippen LogP) is 2.88. The van der Waals surface area contributed by atoms with E-state index in [0.717, 1.165) is 5.56 Å². The summed E-state index contributed by atoms with van der Waals surface area (Å²) in [5.74, 6) is 1.24. The third kappa shape index (κ3) is 4.73. The lowest BCUT2D eigenvalue weighted by Gasteiger charge is -2.10. The van der Waals surface area contributed by atoms with Crippen molar-refractivity contribution in [3.05, 3.63) is 59.7 Å². The number of nitrogens with two attached hydrogens (primary N) is 1. The summed E-state index contributed by atoms with van der Waals surface area (Å²) in [5.41, 5.74) is 7.42. The average molecular weight is 303 g/mol. The third-order valence-electron chi connectivity index (χ3n) is 2.82. The van der Waals surface area contributed by atoms with Crippen molar-refractivity contribution in [1.82, 2.24) is 0 Å².